The zero-order valence-corrected chi connectivity index (χ0v) is 29.2. The van der Waals surface area contributed by atoms with Crippen LogP contribution in [-0.4, -0.2) is 34.7 Å². The zero-order chi connectivity index (χ0) is 32.3. The normalized spacial score (nSPS) is 18.7. The minimum absolute atomic E-state index is 0.0378. The summed E-state index contributed by atoms with van der Waals surface area (Å²) in [6, 6.07) is 8.53. The third kappa shape index (κ3) is 9.06. The summed E-state index contributed by atoms with van der Waals surface area (Å²) in [7, 11) is 0. The van der Waals surface area contributed by atoms with E-state index in [1.165, 1.54) is 11.1 Å². The molecule has 0 heterocycles. The van der Waals surface area contributed by atoms with E-state index in [1.807, 2.05) is 28.1 Å². The molecule has 0 saturated heterocycles. The number of benzene rings is 2. The van der Waals surface area contributed by atoms with Gasteiger partial charge >= 0.3 is 19.8 Å². The molecule has 2 atom stereocenters. The van der Waals surface area contributed by atoms with Crippen LogP contribution in [0.15, 0.2) is 34.3 Å². The van der Waals surface area contributed by atoms with E-state index in [4.69, 9.17) is 14.2 Å². The summed E-state index contributed by atoms with van der Waals surface area (Å²) < 4.78 is 6.81. The average molecular weight is 616 g/mol. The van der Waals surface area contributed by atoms with Gasteiger partial charge in [-0.1, -0.05) is 108 Å². The number of hydrogen-bond donors (Lipinski definition) is 2. The molecule has 0 bridgehead atoms. The van der Waals surface area contributed by atoms with E-state index in [1.54, 1.807) is 0 Å². The van der Waals surface area contributed by atoms with Gasteiger partial charge in [-0.25, -0.2) is 0 Å². The van der Waals surface area contributed by atoms with Crippen LogP contribution in [0.5, 0.6) is 11.5 Å². The molecule has 3 rings (SSSR count). The molecule has 1 aliphatic rings. The Labute approximate surface area is 263 Å². The van der Waals surface area contributed by atoms with Gasteiger partial charge in [-0.3, -0.25) is 9.98 Å². The molecule has 5 nitrogen and oxygen atoms in total. The first-order valence-electron chi connectivity index (χ1n) is 15.2. The van der Waals surface area contributed by atoms with Crippen LogP contribution >= 0.6 is 0 Å². The summed E-state index contributed by atoms with van der Waals surface area (Å²) in [5.74, 6) is 0.637. The predicted octanol–water partition coefficient (Wildman–Crippen LogP) is 9.15. The molecule has 0 radical (unpaired) electrons. The Bertz CT molecular complexity index is 1210. The first-order valence-corrected chi connectivity index (χ1v) is 15.7. The standard InChI is InChI=1S/C36H54N2O2.Mn.N/c1-33(2,3)25-17-23(31(39)27(19-25)35(7,8)9)21-37-29-15-13-14-16-30(29)38-22-24-18-26(34(4,5)6)20-28(32(24)40)36(10,11)12;;/h17-22,29-30,39-40H,13-16H2,1-12H3;;/t29-,30-;;/m1../s1. The summed E-state index contributed by atoms with van der Waals surface area (Å²) in [6.45, 7) is 26.0. The number of aromatic hydroxyl groups is 2. The van der Waals surface area contributed by atoms with Gasteiger partial charge < -0.3 is 10.2 Å². The van der Waals surface area contributed by atoms with Gasteiger partial charge in [0.05, 0.1) is 12.1 Å². The molecule has 0 aromatic heterocycles. The second kappa shape index (κ2) is 13.5. The Morgan fingerprint density at radius 1 is 0.595 bits per heavy atom. The fraction of sp³-hybridized carbons (Fsp3) is 0.611. The van der Waals surface area contributed by atoms with E-state index < -0.39 is 0 Å². The molecule has 2 aromatic rings. The number of hydrogen-bond acceptors (Lipinski definition) is 5. The Balaban J connectivity index is 0.00000301. The maximum absolute atomic E-state index is 11.2. The van der Waals surface area contributed by atoms with E-state index in [2.05, 4.69) is 107 Å². The molecular weight excluding hydrogens is 561 g/mol. The minimum atomic E-state index is -0.179. The van der Waals surface area contributed by atoms with Crippen molar-refractivity contribution < 1.29 is 25.9 Å². The van der Waals surface area contributed by atoms with Crippen LogP contribution < -0.4 is 0 Å². The fourth-order valence-electron chi connectivity index (χ4n) is 5.31. The van der Waals surface area contributed by atoms with E-state index in [0.29, 0.717) is 11.5 Å². The molecule has 232 valence electrons. The Kier molecular flexibility index (Phi) is 11.5. The van der Waals surface area contributed by atoms with Crippen LogP contribution in [0.2, 0.25) is 0 Å². The van der Waals surface area contributed by atoms with Gasteiger partial charge in [0.25, 0.3) is 0 Å². The van der Waals surface area contributed by atoms with Crippen LogP contribution in [0.4, 0.5) is 0 Å². The fourth-order valence-corrected chi connectivity index (χ4v) is 5.31. The molecule has 0 unspecified atom stereocenters. The Morgan fingerprint density at radius 3 is 1.17 bits per heavy atom. The SMILES string of the molecule is CC(C)(C)c1cc(C=N[C@@H]2CCCC[C@H]2N=Cc2cc(C(C)(C)C)cc(C(C)(C)C)c2O)c(O)c(C(C)(C)C)c1.[N]#[Mn]. The summed E-state index contributed by atoms with van der Waals surface area (Å²) in [5.41, 5.74) is 5.39. The van der Waals surface area contributed by atoms with Crippen molar-refractivity contribution in [3.05, 3.63) is 57.6 Å². The van der Waals surface area contributed by atoms with Crippen molar-refractivity contribution in [1.82, 2.24) is 0 Å². The number of aliphatic imine (C=N–C) groups is 2. The quantitative estimate of drug-likeness (QED) is 0.266. The van der Waals surface area contributed by atoms with Crippen molar-refractivity contribution in [2.45, 2.75) is 143 Å². The van der Waals surface area contributed by atoms with Gasteiger partial charge in [0, 0.05) is 34.7 Å². The predicted molar refractivity (Wildman–Crippen MR) is 174 cm³/mol. The average Bonchev–Trinajstić information content (AvgIpc) is 2.86. The van der Waals surface area contributed by atoms with Crippen LogP contribution in [0.3, 0.4) is 0 Å². The van der Waals surface area contributed by atoms with Crippen molar-refractivity contribution in [2.75, 3.05) is 0 Å². The molecular formula is C36H54MnN3O2. The van der Waals surface area contributed by atoms with Crippen molar-refractivity contribution >= 4 is 12.4 Å². The van der Waals surface area contributed by atoms with E-state index in [9.17, 15) is 10.2 Å². The van der Waals surface area contributed by atoms with Crippen molar-refractivity contribution in [3.8, 4) is 11.5 Å². The maximum atomic E-state index is 11.2. The number of rotatable bonds is 4. The van der Waals surface area contributed by atoms with Gasteiger partial charge in [-0.05, 0) is 57.8 Å². The molecule has 1 saturated carbocycles. The molecule has 0 aliphatic heterocycles. The van der Waals surface area contributed by atoms with Gasteiger partial charge in [0.1, 0.15) is 11.5 Å². The summed E-state index contributed by atoms with van der Waals surface area (Å²) >= 11 is 1.94. The molecule has 2 aromatic carbocycles. The molecule has 42 heavy (non-hydrogen) atoms. The van der Waals surface area contributed by atoms with Gasteiger partial charge in [-0.15, -0.1) is 0 Å². The second-order valence-electron chi connectivity index (χ2n) is 15.9. The first kappa shape index (κ1) is 35.8. The molecule has 2 N–H and O–H groups in total. The molecule has 6 heteroatoms. The molecule has 0 amide bonds. The third-order valence-electron chi connectivity index (χ3n) is 8.13. The topological polar surface area (TPSA) is 89.0 Å². The van der Waals surface area contributed by atoms with Crippen molar-refractivity contribution in [3.63, 3.8) is 0 Å². The molecule has 1 fully saturated rings. The van der Waals surface area contributed by atoms with E-state index >= 15 is 0 Å². The third-order valence-corrected chi connectivity index (χ3v) is 8.13. The monoisotopic (exact) mass is 615 g/mol. The van der Waals surface area contributed by atoms with E-state index in [0.717, 1.165) is 47.9 Å². The molecule has 0 spiro atoms. The number of nitrogens with zero attached hydrogens (tertiary/aromatic N) is 3. The molecule has 1 aliphatic carbocycles. The van der Waals surface area contributed by atoms with Crippen LogP contribution in [0, 0.1) is 4.20 Å². The van der Waals surface area contributed by atoms with E-state index in [-0.39, 0.29) is 33.7 Å². The van der Waals surface area contributed by atoms with Crippen molar-refractivity contribution in [1.29, 1.82) is 4.20 Å². The van der Waals surface area contributed by atoms with Crippen molar-refractivity contribution in [2.24, 2.45) is 9.98 Å². The summed E-state index contributed by atoms with van der Waals surface area (Å²) in [5, 5.41) is 22.5. The van der Waals surface area contributed by atoms with Crippen LogP contribution in [0.25, 0.3) is 0 Å². The van der Waals surface area contributed by atoms with Crippen LogP contribution in [0.1, 0.15) is 142 Å². The number of phenols is 2. The Hall–Kier alpha value is -2.39. The second-order valence-corrected chi connectivity index (χ2v) is 15.9. The van der Waals surface area contributed by atoms with Crippen LogP contribution in [-0.2, 0) is 37.3 Å². The first-order chi connectivity index (χ1) is 19.2. The Morgan fingerprint density at radius 2 is 0.905 bits per heavy atom. The van der Waals surface area contributed by atoms with Gasteiger partial charge in [0.15, 0.2) is 0 Å². The number of phenolic OH excluding ortho intramolecular Hbond substituents is 2. The zero-order valence-electron chi connectivity index (χ0n) is 28.1. The van der Waals surface area contributed by atoms with Gasteiger partial charge in [0.2, 0.25) is 0 Å². The summed E-state index contributed by atoms with van der Waals surface area (Å²) in [4.78, 5) is 10.1. The summed E-state index contributed by atoms with van der Waals surface area (Å²) in [6.07, 6.45) is 7.90. The van der Waals surface area contributed by atoms with Gasteiger partial charge in [-0.2, -0.15) is 0 Å².